The Bertz CT molecular complexity index is 621. The highest BCUT2D eigenvalue weighted by atomic mass is 35.5. The van der Waals surface area contributed by atoms with Crippen LogP contribution in [0.5, 0.6) is 5.88 Å². The molecule has 0 saturated heterocycles. The zero-order chi connectivity index (χ0) is 14.0. The van der Waals surface area contributed by atoms with Crippen LogP contribution < -0.4 is 4.74 Å². The van der Waals surface area contributed by atoms with Gasteiger partial charge in [-0.05, 0) is 17.7 Å². The maximum Gasteiger partial charge on any atom is 0.213 e. The fraction of sp³-hybridized carbons (Fsp3) is 0.0769. The van der Waals surface area contributed by atoms with E-state index in [1.54, 1.807) is 18.2 Å². The van der Waals surface area contributed by atoms with Gasteiger partial charge in [-0.15, -0.1) is 0 Å². The highest BCUT2D eigenvalue weighted by molar-refractivity contribution is 6.48. The fourth-order valence-electron chi connectivity index (χ4n) is 1.61. The molecule has 0 aliphatic carbocycles. The second-order valence-electron chi connectivity index (χ2n) is 3.69. The molecule has 0 atom stereocenters. The monoisotopic (exact) mass is 315 g/mol. The lowest BCUT2D eigenvalue weighted by atomic mass is 10.0. The molecule has 19 heavy (non-hydrogen) atoms. The molecule has 0 aliphatic heterocycles. The molecule has 0 saturated carbocycles. The van der Waals surface area contributed by atoms with Crippen molar-refractivity contribution >= 4 is 41.1 Å². The van der Waals surface area contributed by atoms with E-state index in [-0.39, 0.29) is 5.02 Å². The number of pyridine rings is 1. The van der Waals surface area contributed by atoms with Crippen LogP contribution in [0.4, 0.5) is 0 Å². The molecule has 0 N–H and O–H groups in total. The van der Waals surface area contributed by atoms with Gasteiger partial charge >= 0.3 is 0 Å². The number of carbonyl (C=O) groups excluding carboxylic acids is 1. The molecule has 1 aromatic carbocycles. The molecule has 6 heteroatoms. The molecular weight excluding hydrogens is 309 g/mol. The van der Waals surface area contributed by atoms with Crippen molar-refractivity contribution in [2.75, 3.05) is 7.11 Å². The number of ether oxygens (including phenoxy) is 1. The smallest absolute Gasteiger partial charge is 0.213 e. The molecule has 0 aliphatic rings. The average molecular weight is 317 g/mol. The Morgan fingerprint density at radius 3 is 2.32 bits per heavy atom. The molecular formula is C13H8Cl3NO2. The summed E-state index contributed by atoms with van der Waals surface area (Å²) in [5, 5.41) is 0.912. The van der Waals surface area contributed by atoms with E-state index in [0.29, 0.717) is 32.6 Å². The first-order valence-electron chi connectivity index (χ1n) is 5.21. The van der Waals surface area contributed by atoms with Crippen LogP contribution >= 0.6 is 34.8 Å². The third-order valence-corrected chi connectivity index (χ3v) is 3.74. The molecule has 1 aromatic heterocycles. The Labute approximate surface area is 125 Å². The van der Waals surface area contributed by atoms with Gasteiger partial charge in [-0.3, -0.25) is 4.79 Å². The topological polar surface area (TPSA) is 39.2 Å². The van der Waals surface area contributed by atoms with E-state index in [1.807, 2.05) is 0 Å². The number of carbonyl (C=O) groups is 1. The number of hydrogen-bond donors (Lipinski definition) is 0. The molecule has 0 radical (unpaired) electrons. The van der Waals surface area contributed by atoms with Crippen LogP contribution in [0.1, 0.15) is 10.4 Å². The summed E-state index contributed by atoms with van der Waals surface area (Å²) < 4.78 is 4.97. The maximum absolute atomic E-state index is 11.1. The van der Waals surface area contributed by atoms with E-state index < -0.39 is 0 Å². The van der Waals surface area contributed by atoms with Gasteiger partial charge in [0.2, 0.25) is 5.88 Å². The van der Waals surface area contributed by atoms with E-state index in [2.05, 4.69) is 4.98 Å². The lowest BCUT2D eigenvalue weighted by Crippen LogP contribution is -1.94. The van der Waals surface area contributed by atoms with Crippen LogP contribution in [0.3, 0.4) is 0 Å². The molecule has 0 fully saturated rings. The molecule has 3 nitrogen and oxygen atoms in total. The summed E-state index contributed by atoms with van der Waals surface area (Å²) in [5.41, 5.74) is 1.70. The molecule has 0 bridgehead atoms. The number of methoxy groups -OCH3 is 1. The first kappa shape index (κ1) is 14.1. The number of halogens is 3. The van der Waals surface area contributed by atoms with Crippen molar-refractivity contribution in [3.8, 4) is 17.0 Å². The van der Waals surface area contributed by atoms with Gasteiger partial charge in [-0.1, -0.05) is 34.8 Å². The van der Waals surface area contributed by atoms with E-state index in [4.69, 9.17) is 39.5 Å². The highest BCUT2D eigenvalue weighted by Crippen LogP contribution is 2.36. The van der Waals surface area contributed by atoms with Crippen LogP contribution in [-0.4, -0.2) is 18.4 Å². The Kier molecular flexibility index (Phi) is 4.30. The number of benzene rings is 1. The minimum atomic E-state index is 0.279. The summed E-state index contributed by atoms with van der Waals surface area (Å²) in [4.78, 5) is 15.2. The number of aldehydes is 1. The third-order valence-electron chi connectivity index (χ3n) is 2.54. The van der Waals surface area contributed by atoms with Crippen molar-refractivity contribution in [2.24, 2.45) is 0 Å². The van der Waals surface area contributed by atoms with E-state index >= 15 is 0 Å². The first-order valence-corrected chi connectivity index (χ1v) is 6.34. The second-order valence-corrected chi connectivity index (χ2v) is 4.88. The van der Waals surface area contributed by atoms with Gasteiger partial charge in [0.15, 0.2) is 6.29 Å². The van der Waals surface area contributed by atoms with Gasteiger partial charge in [0.05, 0.1) is 22.2 Å². The maximum atomic E-state index is 11.1. The molecule has 0 unspecified atom stereocenters. The van der Waals surface area contributed by atoms with Crippen molar-refractivity contribution in [3.63, 3.8) is 0 Å². The van der Waals surface area contributed by atoms with Crippen LogP contribution in [-0.2, 0) is 0 Å². The summed E-state index contributed by atoms with van der Waals surface area (Å²) in [7, 11) is 1.48. The summed E-state index contributed by atoms with van der Waals surface area (Å²) in [6, 6.07) is 4.80. The molecule has 2 rings (SSSR count). The predicted molar refractivity (Wildman–Crippen MR) is 76.6 cm³/mol. The van der Waals surface area contributed by atoms with Crippen LogP contribution in [0, 0.1) is 0 Å². The predicted octanol–water partition coefficient (Wildman–Crippen LogP) is 4.53. The summed E-state index contributed by atoms with van der Waals surface area (Å²) >= 11 is 17.8. The van der Waals surface area contributed by atoms with Crippen LogP contribution in [0.15, 0.2) is 24.4 Å². The number of aromatic nitrogens is 1. The standard InChI is InChI=1S/C13H8Cl3NO2/c1-19-12-4-8(6-18)9(5-17-12)7-2-10(14)13(16)11(15)3-7/h2-6H,1H3. The van der Waals surface area contributed by atoms with Gasteiger partial charge in [0.25, 0.3) is 0 Å². The Morgan fingerprint density at radius 2 is 1.79 bits per heavy atom. The van der Waals surface area contributed by atoms with Crippen molar-refractivity contribution in [1.82, 2.24) is 4.98 Å². The number of rotatable bonds is 3. The van der Waals surface area contributed by atoms with Gasteiger partial charge in [-0.2, -0.15) is 0 Å². The van der Waals surface area contributed by atoms with Crippen LogP contribution in [0.25, 0.3) is 11.1 Å². The zero-order valence-corrected chi connectivity index (χ0v) is 12.1. The highest BCUT2D eigenvalue weighted by Gasteiger charge is 2.12. The van der Waals surface area contributed by atoms with Crippen molar-refractivity contribution in [2.45, 2.75) is 0 Å². The summed E-state index contributed by atoms with van der Waals surface area (Å²) in [5.74, 6) is 0.358. The minimum Gasteiger partial charge on any atom is -0.481 e. The largest absolute Gasteiger partial charge is 0.481 e. The molecule has 0 amide bonds. The van der Waals surface area contributed by atoms with Crippen molar-refractivity contribution in [3.05, 3.63) is 45.0 Å². The lowest BCUT2D eigenvalue weighted by molar-refractivity contribution is 0.112. The van der Waals surface area contributed by atoms with Crippen LogP contribution in [0.2, 0.25) is 15.1 Å². The second kappa shape index (κ2) is 5.78. The fourth-order valence-corrected chi connectivity index (χ4v) is 2.21. The first-order chi connectivity index (χ1) is 9.06. The molecule has 1 heterocycles. The van der Waals surface area contributed by atoms with E-state index in [9.17, 15) is 4.79 Å². The summed E-state index contributed by atoms with van der Waals surface area (Å²) in [6.45, 7) is 0. The molecule has 98 valence electrons. The van der Waals surface area contributed by atoms with Gasteiger partial charge in [0, 0.05) is 23.4 Å². The molecule has 2 aromatic rings. The van der Waals surface area contributed by atoms with E-state index in [0.717, 1.165) is 6.29 Å². The number of hydrogen-bond acceptors (Lipinski definition) is 3. The SMILES string of the molecule is COc1cc(C=O)c(-c2cc(Cl)c(Cl)c(Cl)c2)cn1. The van der Waals surface area contributed by atoms with Crippen molar-refractivity contribution in [1.29, 1.82) is 0 Å². The minimum absolute atomic E-state index is 0.279. The zero-order valence-electron chi connectivity index (χ0n) is 9.78. The summed E-state index contributed by atoms with van der Waals surface area (Å²) in [6.07, 6.45) is 2.24. The third kappa shape index (κ3) is 2.84. The van der Waals surface area contributed by atoms with E-state index in [1.165, 1.54) is 13.3 Å². The Morgan fingerprint density at radius 1 is 1.16 bits per heavy atom. The van der Waals surface area contributed by atoms with Gasteiger partial charge in [0.1, 0.15) is 0 Å². The number of nitrogens with zero attached hydrogens (tertiary/aromatic N) is 1. The van der Waals surface area contributed by atoms with Gasteiger partial charge < -0.3 is 4.74 Å². The molecule has 0 spiro atoms. The Balaban J connectivity index is 2.61. The Hall–Kier alpha value is -1.29. The van der Waals surface area contributed by atoms with Gasteiger partial charge in [-0.25, -0.2) is 4.98 Å². The lowest BCUT2D eigenvalue weighted by Gasteiger charge is -2.09. The normalized spacial score (nSPS) is 10.3. The average Bonchev–Trinajstić information content (AvgIpc) is 2.43. The quantitative estimate of drug-likeness (QED) is 0.617. The van der Waals surface area contributed by atoms with Crippen molar-refractivity contribution < 1.29 is 9.53 Å².